The highest BCUT2D eigenvalue weighted by Crippen LogP contribution is 2.31. The molecular weight excluding hydrogens is 377 g/mol. The molecule has 1 heterocycles. The maximum Gasteiger partial charge on any atom is 0.191 e. The molecule has 0 aromatic carbocycles. The average molecular weight is 409 g/mol. The van der Waals surface area contributed by atoms with Crippen molar-refractivity contribution in [1.29, 1.82) is 0 Å². The van der Waals surface area contributed by atoms with E-state index in [9.17, 15) is 0 Å². The first-order valence-corrected chi connectivity index (χ1v) is 8.21. The van der Waals surface area contributed by atoms with Crippen molar-refractivity contribution in [2.24, 2.45) is 16.3 Å². The standard InChI is InChI=1S/C16H31N3O.HI/c1-4-17-15(19-14-5-6-14)18-12-16(2,3)11-13-7-9-20-10-8-13;/h13-14H,4-12H2,1-3H3,(H2,17,18,19);1H. The van der Waals surface area contributed by atoms with Gasteiger partial charge in [0.25, 0.3) is 0 Å². The highest BCUT2D eigenvalue weighted by atomic mass is 127. The van der Waals surface area contributed by atoms with Gasteiger partial charge in [0.1, 0.15) is 0 Å². The van der Waals surface area contributed by atoms with Gasteiger partial charge in [-0.3, -0.25) is 4.99 Å². The van der Waals surface area contributed by atoms with Gasteiger partial charge in [0.15, 0.2) is 5.96 Å². The normalized spacial score (nSPS) is 20.8. The number of nitrogens with one attached hydrogen (secondary N) is 2. The van der Waals surface area contributed by atoms with Gasteiger partial charge in [-0.05, 0) is 50.4 Å². The van der Waals surface area contributed by atoms with Crippen LogP contribution in [0, 0.1) is 11.3 Å². The van der Waals surface area contributed by atoms with Crippen LogP contribution in [-0.4, -0.2) is 38.3 Å². The topological polar surface area (TPSA) is 45.7 Å². The fourth-order valence-electron chi connectivity index (χ4n) is 2.83. The lowest BCUT2D eigenvalue weighted by Gasteiger charge is -2.31. The molecule has 1 saturated carbocycles. The molecule has 0 atom stereocenters. The van der Waals surface area contributed by atoms with Gasteiger partial charge in [-0.2, -0.15) is 0 Å². The number of nitrogens with zero attached hydrogens (tertiary/aromatic N) is 1. The van der Waals surface area contributed by atoms with Gasteiger partial charge < -0.3 is 15.4 Å². The third-order valence-corrected chi connectivity index (χ3v) is 4.11. The van der Waals surface area contributed by atoms with Gasteiger partial charge in [0, 0.05) is 32.3 Å². The molecule has 2 fully saturated rings. The van der Waals surface area contributed by atoms with Crippen molar-refractivity contribution in [2.75, 3.05) is 26.3 Å². The third kappa shape index (κ3) is 7.68. The SMILES string of the molecule is CCNC(=NCC(C)(C)CC1CCOCC1)NC1CC1.I. The maximum absolute atomic E-state index is 5.45. The van der Waals surface area contributed by atoms with E-state index >= 15 is 0 Å². The first-order chi connectivity index (χ1) is 9.59. The number of hydrogen-bond donors (Lipinski definition) is 2. The number of ether oxygens (including phenoxy) is 1. The Morgan fingerprint density at radius 1 is 1.19 bits per heavy atom. The molecule has 0 radical (unpaired) electrons. The lowest BCUT2D eigenvalue weighted by molar-refractivity contribution is 0.0522. The fourth-order valence-corrected chi connectivity index (χ4v) is 2.83. The molecule has 0 aromatic rings. The number of guanidine groups is 1. The van der Waals surface area contributed by atoms with Crippen molar-refractivity contribution >= 4 is 29.9 Å². The minimum absolute atomic E-state index is 0. The Kier molecular flexibility index (Phi) is 8.31. The van der Waals surface area contributed by atoms with Crippen molar-refractivity contribution in [3.8, 4) is 0 Å². The summed E-state index contributed by atoms with van der Waals surface area (Å²) in [7, 11) is 0. The van der Waals surface area contributed by atoms with Crippen LogP contribution in [0.15, 0.2) is 4.99 Å². The molecule has 2 N–H and O–H groups in total. The summed E-state index contributed by atoms with van der Waals surface area (Å²) in [6, 6.07) is 0.659. The maximum atomic E-state index is 5.45. The van der Waals surface area contributed by atoms with Crippen molar-refractivity contribution in [2.45, 2.75) is 58.9 Å². The van der Waals surface area contributed by atoms with Crippen LogP contribution in [0.4, 0.5) is 0 Å². The summed E-state index contributed by atoms with van der Waals surface area (Å²) >= 11 is 0. The fraction of sp³-hybridized carbons (Fsp3) is 0.938. The zero-order valence-electron chi connectivity index (χ0n) is 13.8. The van der Waals surface area contributed by atoms with Crippen LogP contribution in [0.1, 0.15) is 52.9 Å². The van der Waals surface area contributed by atoms with Crippen LogP contribution in [0.5, 0.6) is 0 Å². The number of halogens is 1. The van der Waals surface area contributed by atoms with Crippen molar-refractivity contribution in [3.05, 3.63) is 0 Å². The molecule has 1 aliphatic heterocycles. The average Bonchev–Trinajstić information content (AvgIpc) is 3.21. The summed E-state index contributed by atoms with van der Waals surface area (Å²) < 4.78 is 5.45. The molecular formula is C16H32IN3O. The molecule has 0 spiro atoms. The Bertz CT molecular complexity index is 323. The van der Waals surface area contributed by atoms with Crippen molar-refractivity contribution in [3.63, 3.8) is 0 Å². The quantitative estimate of drug-likeness (QED) is 0.403. The van der Waals surface area contributed by atoms with E-state index in [1.807, 2.05) is 0 Å². The molecule has 2 rings (SSSR count). The Morgan fingerprint density at radius 2 is 1.86 bits per heavy atom. The molecule has 0 aromatic heterocycles. The Balaban J connectivity index is 0.00000220. The minimum atomic E-state index is 0. The van der Waals surface area contributed by atoms with E-state index in [1.54, 1.807) is 0 Å². The van der Waals surface area contributed by atoms with Crippen molar-refractivity contribution in [1.82, 2.24) is 10.6 Å². The molecule has 21 heavy (non-hydrogen) atoms. The summed E-state index contributed by atoms with van der Waals surface area (Å²) in [6.07, 6.45) is 6.26. The predicted molar refractivity (Wildman–Crippen MR) is 99.5 cm³/mol. The van der Waals surface area contributed by atoms with Crippen molar-refractivity contribution < 1.29 is 4.74 Å². The highest BCUT2D eigenvalue weighted by molar-refractivity contribution is 14.0. The number of rotatable bonds is 6. The lowest BCUT2D eigenvalue weighted by atomic mass is 9.80. The lowest BCUT2D eigenvalue weighted by Crippen LogP contribution is -2.39. The van der Waals surface area contributed by atoms with Gasteiger partial charge in [-0.25, -0.2) is 0 Å². The van der Waals surface area contributed by atoms with Crippen LogP contribution in [-0.2, 0) is 4.74 Å². The van der Waals surface area contributed by atoms with E-state index in [4.69, 9.17) is 9.73 Å². The van der Waals surface area contributed by atoms with Crippen LogP contribution >= 0.6 is 24.0 Å². The van der Waals surface area contributed by atoms with Gasteiger partial charge in [-0.1, -0.05) is 13.8 Å². The largest absolute Gasteiger partial charge is 0.381 e. The highest BCUT2D eigenvalue weighted by Gasteiger charge is 2.26. The monoisotopic (exact) mass is 409 g/mol. The van der Waals surface area contributed by atoms with Gasteiger partial charge >= 0.3 is 0 Å². The molecule has 0 amide bonds. The zero-order valence-corrected chi connectivity index (χ0v) is 16.1. The Hall–Kier alpha value is -0.0400. The first kappa shape index (κ1) is 19.0. The summed E-state index contributed by atoms with van der Waals surface area (Å²) in [5, 5.41) is 6.84. The minimum Gasteiger partial charge on any atom is -0.381 e. The molecule has 124 valence electrons. The Morgan fingerprint density at radius 3 is 2.43 bits per heavy atom. The van der Waals surface area contributed by atoms with Crippen LogP contribution in [0.3, 0.4) is 0 Å². The molecule has 5 heteroatoms. The third-order valence-electron chi connectivity index (χ3n) is 4.11. The van der Waals surface area contributed by atoms with Crippen LogP contribution in [0.2, 0.25) is 0 Å². The number of hydrogen-bond acceptors (Lipinski definition) is 2. The van der Waals surface area contributed by atoms with Gasteiger partial charge in [0.05, 0.1) is 0 Å². The molecule has 0 bridgehead atoms. The van der Waals surface area contributed by atoms with Gasteiger partial charge in [-0.15, -0.1) is 24.0 Å². The first-order valence-electron chi connectivity index (χ1n) is 8.21. The summed E-state index contributed by atoms with van der Waals surface area (Å²) in [5.41, 5.74) is 0.272. The molecule has 1 saturated heterocycles. The number of aliphatic imine (C=N–C) groups is 1. The van der Waals surface area contributed by atoms with E-state index in [2.05, 4.69) is 31.4 Å². The van der Waals surface area contributed by atoms with Crippen LogP contribution < -0.4 is 10.6 Å². The zero-order chi connectivity index (χ0) is 14.4. The molecule has 2 aliphatic rings. The molecule has 4 nitrogen and oxygen atoms in total. The van der Waals surface area contributed by atoms with E-state index in [1.165, 1.54) is 32.1 Å². The Labute approximate surface area is 146 Å². The summed E-state index contributed by atoms with van der Waals surface area (Å²) in [4.78, 5) is 4.79. The van der Waals surface area contributed by atoms with E-state index in [0.717, 1.165) is 38.2 Å². The van der Waals surface area contributed by atoms with Gasteiger partial charge in [0.2, 0.25) is 0 Å². The summed E-state index contributed by atoms with van der Waals surface area (Å²) in [5.74, 6) is 1.81. The van der Waals surface area contributed by atoms with E-state index in [-0.39, 0.29) is 29.4 Å². The smallest absolute Gasteiger partial charge is 0.191 e. The van der Waals surface area contributed by atoms with E-state index < -0.39 is 0 Å². The van der Waals surface area contributed by atoms with E-state index in [0.29, 0.717) is 6.04 Å². The molecule has 0 unspecified atom stereocenters. The second-order valence-corrected chi connectivity index (χ2v) is 7.04. The van der Waals surface area contributed by atoms with Crippen LogP contribution in [0.25, 0.3) is 0 Å². The second-order valence-electron chi connectivity index (χ2n) is 7.04. The predicted octanol–water partition coefficient (Wildman–Crippen LogP) is 3.16. The molecule has 1 aliphatic carbocycles. The summed E-state index contributed by atoms with van der Waals surface area (Å²) in [6.45, 7) is 10.5. The second kappa shape index (κ2) is 9.18.